The monoisotopic (exact) mass is 348 g/mol. The summed E-state index contributed by atoms with van der Waals surface area (Å²) in [5, 5.41) is 4.31. The van der Waals surface area contributed by atoms with Crippen molar-refractivity contribution in [2.24, 2.45) is 13.0 Å². The molecule has 0 atom stereocenters. The number of aromatic nitrogens is 3. The molecular formula is C21H24N4O. The number of likely N-dealkylation sites (tertiary alicyclic amines) is 1. The Bertz CT molecular complexity index is 859. The highest BCUT2D eigenvalue weighted by atomic mass is 16.2. The standard InChI is InChI=1S/C21H24N4O/c1-23-20(24-11-5-6-12-24)19(16-22-23)21(26)25-13-9-18(10-14-25)15-17-7-3-2-4-8-17/h2-8,11-12,16,18H,9-10,13-15H2,1H3. The van der Waals surface area contributed by atoms with Crippen LogP contribution in [0.1, 0.15) is 28.8 Å². The van der Waals surface area contributed by atoms with E-state index < -0.39 is 0 Å². The first-order chi connectivity index (χ1) is 12.7. The van der Waals surface area contributed by atoms with Crippen molar-refractivity contribution in [2.75, 3.05) is 13.1 Å². The highest BCUT2D eigenvalue weighted by molar-refractivity contribution is 5.97. The number of piperidine rings is 1. The summed E-state index contributed by atoms with van der Waals surface area (Å²) in [7, 11) is 1.87. The Balaban J connectivity index is 1.43. The van der Waals surface area contributed by atoms with Crippen LogP contribution in [0.5, 0.6) is 0 Å². The van der Waals surface area contributed by atoms with Gasteiger partial charge < -0.3 is 9.47 Å². The van der Waals surface area contributed by atoms with Gasteiger partial charge in [-0.3, -0.25) is 9.48 Å². The van der Waals surface area contributed by atoms with Gasteiger partial charge in [0.1, 0.15) is 11.4 Å². The molecule has 2 aromatic heterocycles. The maximum absolute atomic E-state index is 13.1. The average Bonchev–Trinajstić information content (AvgIpc) is 3.32. The van der Waals surface area contributed by atoms with E-state index in [0.717, 1.165) is 38.2 Å². The first-order valence-electron chi connectivity index (χ1n) is 9.21. The quantitative estimate of drug-likeness (QED) is 0.726. The number of nitrogens with zero attached hydrogens (tertiary/aromatic N) is 4. The fourth-order valence-electron chi connectivity index (χ4n) is 3.82. The summed E-state index contributed by atoms with van der Waals surface area (Å²) in [4.78, 5) is 15.0. The summed E-state index contributed by atoms with van der Waals surface area (Å²) < 4.78 is 3.71. The van der Waals surface area contributed by atoms with Crippen molar-refractivity contribution in [2.45, 2.75) is 19.3 Å². The lowest BCUT2D eigenvalue weighted by Gasteiger charge is -2.32. The molecule has 5 heteroatoms. The van der Waals surface area contributed by atoms with Crippen LogP contribution in [-0.4, -0.2) is 38.2 Å². The first-order valence-corrected chi connectivity index (χ1v) is 9.21. The van der Waals surface area contributed by atoms with E-state index in [0.29, 0.717) is 11.5 Å². The van der Waals surface area contributed by atoms with Gasteiger partial charge in [-0.2, -0.15) is 5.10 Å². The van der Waals surface area contributed by atoms with E-state index >= 15 is 0 Å². The zero-order valence-electron chi connectivity index (χ0n) is 15.1. The van der Waals surface area contributed by atoms with E-state index in [-0.39, 0.29) is 5.91 Å². The molecule has 0 N–H and O–H groups in total. The summed E-state index contributed by atoms with van der Waals surface area (Å²) in [6, 6.07) is 14.5. The highest BCUT2D eigenvalue weighted by Crippen LogP contribution is 2.24. The molecule has 0 saturated carbocycles. The maximum atomic E-state index is 13.1. The molecule has 1 saturated heterocycles. The van der Waals surface area contributed by atoms with Gasteiger partial charge >= 0.3 is 0 Å². The number of hydrogen-bond acceptors (Lipinski definition) is 2. The van der Waals surface area contributed by atoms with Crippen LogP contribution in [0, 0.1) is 5.92 Å². The van der Waals surface area contributed by atoms with Crippen LogP contribution in [-0.2, 0) is 13.5 Å². The molecule has 1 fully saturated rings. The molecule has 1 aliphatic heterocycles. The molecule has 0 spiro atoms. The number of carbonyl (C=O) groups excluding carboxylic acids is 1. The average molecular weight is 348 g/mol. The van der Waals surface area contributed by atoms with Gasteiger partial charge in [0.2, 0.25) is 0 Å². The molecule has 3 aromatic rings. The third-order valence-corrected chi connectivity index (χ3v) is 5.26. The lowest BCUT2D eigenvalue weighted by Crippen LogP contribution is -2.39. The predicted octanol–water partition coefficient (Wildman–Crippen LogP) is 3.31. The largest absolute Gasteiger partial charge is 0.338 e. The van der Waals surface area contributed by atoms with Crippen LogP contribution in [0.3, 0.4) is 0 Å². The molecule has 5 nitrogen and oxygen atoms in total. The third-order valence-electron chi connectivity index (χ3n) is 5.26. The van der Waals surface area contributed by atoms with Crippen molar-refractivity contribution in [3.05, 3.63) is 72.2 Å². The predicted molar refractivity (Wildman–Crippen MR) is 101 cm³/mol. The molecule has 0 bridgehead atoms. The number of hydrogen-bond donors (Lipinski definition) is 0. The minimum absolute atomic E-state index is 0.0833. The zero-order chi connectivity index (χ0) is 17.9. The topological polar surface area (TPSA) is 43.1 Å². The Morgan fingerprint density at radius 3 is 2.46 bits per heavy atom. The molecule has 0 aliphatic carbocycles. The Labute approximate surface area is 153 Å². The van der Waals surface area contributed by atoms with Crippen LogP contribution in [0.2, 0.25) is 0 Å². The van der Waals surface area contributed by atoms with Crippen molar-refractivity contribution in [3.63, 3.8) is 0 Å². The number of rotatable bonds is 4. The van der Waals surface area contributed by atoms with Crippen molar-refractivity contribution in [1.29, 1.82) is 0 Å². The minimum Gasteiger partial charge on any atom is -0.338 e. The lowest BCUT2D eigenvalue weighted by molar-refractivity contribution is 0.0690. The lowest BCUT2D eigenvalue weighted by atomic mass is 9.90. The van der Waals surface area contributed by atoms with E-state index in [9.17, 15) is 4.79 Å². The summed E-state index contributed by atoms with van der Waals surface area (Å²) in [6.07, 6.45) is 8.79. The Kier molecular flexibility index (Phi) is 4.61. The van der Waals surface area contributed by atoms with Gasteiger partial charge in [-0.05, 0) is 42.9 Å². The summed E-state index contributed by atoms with van der Waals surface area (Å²) in [5.41, 5.74) is 2.06. The molecule has 3 heterocycles. The number of amides is 1. The molecule has 1 amide bonds. The number of aryl methyl sites for hydroxylation is 1. The molecule has 1 aromatic carbocycles. The molecule has 4 rings (SSSR count). The first kappa shape index (κ1) is 16.6. The Morgan fingerprint density at radius 2 is 1.77 bits per heavy atom. The van der Waals surface area contributed by atoms with Gasteiger partial charge in [-0.25, -0.2) is 0 Å². The fraction of sp³-hybridized carbons (Fsp3) is 0.333. The van der Waals surface area contributed by atoms with E-state index in [2.05, 4.69) is 35.4 Å². The van der Waals surface area contributed by atoms with Crippen molar-refractivity contribution >= 4 is 5.91 Å². The molecule has 0 unspecified atom stereocenters. The van der Waals surface area contributed by atoms with E-state index in [1.54, 1.807) is 10.9 Å². The van der Waals surface area contributed by atoms with Crippen LogP contribution in [0.4, 0.5) is 0 Å². The molecular weight excluding hydrogens is 324 g/mol. The van der Waals surface area contributed by atoms with Gasteiger partial charge in [0, 0.05) is 32.5 Å². The van der Waals surface area contributed by atoms with E-state index in [1.807, 2.05) is 41.0 Å². The van der Waals surface area contributed by atoms with Gasteiger partial charge in [-0.1, -0.05) is 30.3 Å². The fourth-order valence-corrected chi connectivity index (χ4v) is 3.82. The van der Waals surface area contributed by atoms with Crippen molar-refractivity contribution in [3.8, 4) is 5.82 Å². The smallest absolute Gasteiger partial charge is 0.259 e. The molecule has 1 aliphatic rings. The molecule has 134 valence electrons. The van der Waals surface area contributed by atoms with Crippen molar-refractivity contribution in [1.82, 2.24) is 19.2 Å². The van der Waals surface area contributed by atoms with Gasteiger partial charge in [0.15, 0.2) is 0 Å². The second-order valence-corrected chi connectivity index (χ2v) is 7.02. The normalized spacial score (nSPS) is 15.3. The van der Waals surface area contributed by atoms with Crippen molar-refractivity contribution < 1.29 is 4.79 Å². The van der Waals surface area contributed by atoms with Crippen LogP contribution in [0.15, 0.2) is 61.1 Å². The summed E-state index contributed by atoms with van der Waals surface area (Å²) >= 11 is 0. The van der Waals surface area contributed by atoms with Gasteiger partial charge in [0.25, 0.3) is 5.91 Å². The van der Waals surface area contributed by atoms with Crippen LogP contribution < -0.4 is 0 Å². The van der Waals surface area contributed by atoms with Crippen LogP contribution in [0.25, 0.3) is 5.82 Å². The summed E-state index contributed by atoms with van der Waals surface area (Å²) in [6.45, 7) is 1.63. The van der Waals surface area contributed by atoms with Gasteiger partial charge in [0.05, 0.1) is 6.20 Å². The third kappa shape index (κ3) is 3.29. The minimum atomic E-state index is 0.0833. The number of carbonyl (C=O) groups is 1. The van der Waals surface area contributed by atoms with E-state index in [1.165, 1.54) is 5.56 Å². The molecule has 0 radical (unpaired) electrons. The Hall–Kier alpha value is -2.82. The van der Waals surface area contributed by atoms with Crippen LogP contribution >= 0.6 is 0 Å². The molecule has 26 heavy (non-hydrogen) atoms. The Morgan fingerprint density at radius 1 is 1.08 bits per heavy atom. The van der Waals surface area contributed by atoms with Gasteiger partial charge in [-0.15, -0.1) is 0 Å². The SMILES string of the molecule is Cn1ncc(C(=O)N2CCC(Cc3ccccc3)CC2)c1-n1cccc1. The second-order valence-electron chi connectivity index (χ2n) is 7.02. The number of benzene rings is 1. The maximum Gasteiger partial charge on any atom is 0.259 e. The zero-order valence-corrected chi connectivity index (χ0v) is 15.1. The second kappa shape index (κ2) is 7.20. The van der Waals surface area contributed by atoms with E-state index in [4.69, 9.17) is 0 Å². The summed E-state index contributed by atoms with van der Waals surface area (Å²) in [5.74, 6) is 1.56. The highest BCUT2D eigenvalue weighted by Gasteiger charge is 2.27.